The molecule has 102 valence electrons. The van der Waals surface area contributed by atoms with Gasteiger partial charge >= 0.3 is 5.97 Å². The molecule has 0 atom stereocenters. The second-order valence-corrected chi connectivity index (χ2v) is 4.75. The first kappa shape index (κ1) is 14.0. The van der Waals surface area contributed by atoms with Crippen LogP contribution in [0.1, 0.15) is 10.4 Å². The first-order valence-corrected chi connectivity index (χ1v) is 6.21. The van der Waals surface area contributed by atoms with Gasteiger partial charge in [0.15, 0.2) is 0 Å². The fourth-order valence-corrected chi connectivity index (χ4v) is 2.01. The maximum absolute atomic E-state index is 10.9. The number of carbonyl (C=O) groups is 1. The van der Waals surface area contributed by atoms with Crippen LogP contribution in [-0.2, 0) is 0 Å². The monoisotopic (exact) mass is 337 g/mol. The quantitative estimate of drug-likeness (QED) is 0.676. The van der Waals surface area contributed by atoms with Crippen molar-refractivity contribution in [3.63, 3.8) is 0 Å². The number of carboxylic acid groups (broad SMARTS) is 1. The highest BCUT2D eigenvalue weighted by atomic mass is 79.9. The predicted octanol–water partition coefficient (Wildman–Crippen LogP) is 3.85. The molecule has 0 unspecified atom stereocenters. The Kier molecular flexibility index (Phi) is 3.99. The van der Waals surface area contributed by atoms with Gasteiger partial charge in [-0.15, -0.1) is 0 Å². The number of hydrogen-bond donors (Lipinski definition) is 1. The Morgan fingerprint density at radius 3 is 2.60 bits per heavy atom. The summed E-state index contributed by atoms with van der Waals surface area (Å²) in [7, 11) is 0. The molecule has 0 bridgehead atoms. The number of benzene rings is 2. The lowest BCUT2D eigenvalue weighted by atomic mass is 10.2. The number of rotatable bonds is 4. The molecule has 0 aliphatic heterocycles. The van der Waals surface area contributed by atoms with Gasteiger partial charge in [-0.3, -0.25) is 10.1 Å². The highest BCUT2D eigenvalue weighted by Crippen LogP contribution is 2.28. The van der Waals surface area contributed by atoms with E-state index in [2.05, 4.69) is 15.9 Å². The molecule has 0 heterocycles. The van der Waals surface area contributed by atoms with Crippen LogP contribution in [0.25, 0.3) is 0 Å². The van der Waals surface area contributed by atoms with E-state index in [1.807, 2.05) is 0 Å². The van der Waals surface area contributed by atoms with Gasteiger partial charge < -0.3 is 9.84 Å². The van der Waals surface area contributed by atoms with Gasteiger partial charge in [-0.05, 0) is 24.3 Å². The molecule has 7 heteroatoms. The minimum absolute atomic E-state index is 0.0554. The van der Waals surface area contributed by atoms with Crippen LogP contribution in [0, 0.1) is 10.1 Å². The average molecular weight is 338 g/mol. The Hall–Kier alpha value is -2.41. The molecule has 0 aliphatic rings. The summed E-state index contributed by atoms with van der Waals surface area (Å²) in [6, 6.07) is 10.00. The highest BCUT2D eigenvalue weighted by molar-refractivity contribution is 9.10. The molecule has 0 amide bonds. The predicted molar refractivity (Wildman–Crippen MR) is 74.3 cm³/mol. The summed E-state index contributed by atoms with van der Waals surface area (Å²) in [5.41, 5.74) is -0.0456. The SMILES string of the molecule is O=C(O)c1cc(Br)cc(Oc2cccc([N+](=O)[O-])c2)c1. The van der Waals surface area contributed by atoms with E-state index in [0.717, 1.165) is 0 Å². The van der Waals surface area contributed by atoms with Crippen LogP contribution in [0.5, 0.6) is 11.5 Å². The Balaban J connectivity index is 2.32. The zero-order valence-corrected chi connectivity index (χ0v) is 11.5. The minimum Gasteiger partial charge on any atom is -0.478 e. The number of hydrogen-bond acceptors (Lipinski definition) is 4. The van der Waals surface area contributed by atoms with Crippen molar-refractivity contribution >= 4 is 27.6 Å². The van der Waals surface area contributed by atoms with Crippen molar-refractivity contribution in [3.8, 4) is 11.5 Å². The lowest BCUT2D eigenvalue weighted by Gasteiger charge is -2.07. The largest absolute Gasteiger partial charge is 0.478 e. The number of non-ortho nitro benzene ring substituents is 1. The Morgan fingerprint density at radius 1 is 1.20 bits per heavy atom. The van der Waals surface area contributed by atoms with E-state index in [9.17, 15) is 14.9 Å². The molecule has 2 aromatic rings. The molecule has 0 radical (unpaired) electrons. The van der Waals surface area contributed by atoms with Crippen LogP contribution in [0.15, 0.2) is 46.9 Å². The number of aromatic carboxylic acids is 1. The molecule has 0 saturated carbocycles. The summed E-state index contributed by atoms with van der Waals surface area (Å²) >= 11 is 3.18. The summed E-state index contributed by atoms with van der Waals surface area (Å²) in [6.45, 7) is 0. The van der Waals surface area contributed by atoms with Gasteiger partial charge in [0.1, 0.15) is 11.5 Å². The molecule has 0 spiro atoms. The standard InChI is InChI=1S/C13H8BrNO5/c14-9-4-8(13(16)17)5-12(6-9)20-11-3-1-2-10(7-11)15(18)19/h1-7H,(H,16,17). The summed E-state index contributed by atoms with van der Waals surface area (Å²) in [6.07, 6.45) is 0. The number of halogens is 1. The Labute approximate surface area is 121 Å². The van der Waals surface area contributed by atoms with Crippen LogP contribution in [-0.4, -0.2) is 16.0 Å². The van der Waals surface area contributed by atoms with E-state index in [4.69, 9.17) is 9.84 Å². The number of nitro groups is 1. The zero-order valence-electron chi connectivity index (χ0n) is 9.95. The first-order chi connectivity index (χ1) is 9.45. The number of ether oxygens (including phenoxy) is 1. The van der Waals surface area contributed by atoms with Crippen LogP contribution >= 0.6 is 15.9 Å². The molecular formula is C13H8BrNO5. The van der Waals surface area contributed by atoms with E-state index >= 15 is 0 Å². The maximum atomic E-state index is 10.9. The van der Waals surface area contributed by atoms with Crippen molar-refractivity contribution in [1.29, 1.82) is 0 Å². The molecule has 6 nitrogen and oxygen atoms in total. The third-order valence-corrected chi connectivity index (χ3v) is 2.84. The third kappa shape index (κ3) is 3.33. The van der Waals surface area contributed by atoms with Gasteiger partial charge in [0, 0.05) is 10.5 Å². The maximum Gasteiger partial charge on any atom is 0.335 e. The van der Waals surface area contributed by atoms with E-state index in [1.165, 1.54) is 30.3 Å². The van der Waals surface area contributed by atoms with Crippen LogP contribution in [0.4, 0.5) is 5.69 Å². The molecule has 0 fully saturated rings. The molecule has 2 rings (SSSR count). The van der Waals surface area contributed by atoms with Gasteiger partial charge in [-0.1, -0.05) is 22.0 Å². The van der Waals surface area contributed by atoms with Crippen LogP contribution in [0.3, 0.4) is 0 Å². The van der Waals surface area contributed by atoms with Gasteiger partial charge in [0.25, 0.3) is 5.69 Å². The molecular weight excluding hydrogens is 330 g/mol. The Morgan fingerprint density at radius 2 is 1.95 bits per heavy atom. The second kappa shape index (κ2) is 5.70. The fraction of sp³-hybridized carbons (Fsp3) is 0. The molecule has 0 aromatic heterocycles. The molecule has 2 aromatic carbocycles. The zero-order chi connectivity index (χ0) is 14.7. The van der Waals surface area contributed by atoms with E-state index in [0.29, 0.717) is 4.47 Å². The Bertz CT molecular complexity index is 686. The topological polar surface area (TPSA) is 89.7 Å². The summed E-state index contributed by atoms with van der Waals surface area (Å²) in [5.74, 6) is -0.555. The highest BCUT2D eigenvalue weighted by Gasteiger charge is 2.10. The van der Waals surface area contributed by atoms with Crippen molar-refractivity contribution in [3.05, 3.63) is 62.6 Å². The number of nitrogens with zero attached hydrogens (tertiary/aromatic N) is 1. The molecule has 20 heavy (non-hydrogen) atoms. The van der Waals surface area contributed by atoms with Crippen LogP contribution < -0.4 is 4.74 Å². The van der Waals surface area contributed by atoms with Crippen molar-refractivity contribution < 1.29 is 19.6 Å². The normalized spacial score (nSPS) is 10.1. The van der Waals surface area contributed by atoms with E-state index in [1.54, 1.807) is 12.1 Å². The van der Waals surface area contributed by atoms with Gasteiger partial charge in [-0.25, -0.2) is 4.79 Å². The van der Waals surface area contributed by atoms with Gasteiger partial charge in [0.05, 0.1) is 16.6 Å². The minimum atomic E-state index is -1.09. The van der Waals surface area contributed by atoms with E-state index in [-0.39, 0.29) is 22.7 Å². The van der Waals surface area contributed by atoms with Crippen molar-refractivity contribution in [2.45, 2.75) is 0 Å². The second-order valence-electron chi connectivity index (χ2n) is 3.84. The summed E-state index contributed by atoms with van der Waals surface area (Å²) in [5, 5.41) is 19.6. The van der Waals surface area contributed by atoms with Gasteiger partial charge in [-0.2, -0.15) is 0 Å². The van der Waals surface area contributed by atoms with E-state index < -0.39 is 10.9 Å². The lowest BCUT2D eigenvalue weighted by molar-refractivity contribution is -0.384. The first-order valence-electron chi connectivity index (χ1n) is 5.42. The van der Waals surface area contributed by atoms with Crippen molar-refractivity contribution in [2.24, 2.45) is 0 Å². The van der Waals surface area contributed by atoms with Crippen LogP contribution in [0.2, 0.25) is 0 Å². The fourth-order valence-electron chi connectivity index (χ4n) is 1.54. The van der Waals surface area contributed by atoms with Gasteiger partial charge in [0.2, 0.25) is 0 Å². The summed E-state index contributed by atoms with van der Waals surface area (Å²) in [4.78, 5) is 21.1. The number of nitro benzene ring substituents is 1. The lowest BCUT2D eigenvalue weighted by Crippen LogP contribution is -1.97. The average Bonchev–Trinajstić information content (AvgIpc) is 2.38. The smallest absolute Gasteiger partial charge is 0.335 e. The van der Waals surface area contributed by atoms with Crippen molar-refractivity contribution in [2.75, 3.05) is 0 Å². The van der Waals surface area contributed by atoms with Crippen molar-refractivity contribution in [1.82, 2.24) is 0 Å². The molecule has 1 N–H and O–H groups in total. The number of carboxylic acids is 1. The summed E-state index contributed by atoms with van der Waals surface area (Å²) < 4.78 is 5.98. The molecule has 0 saturated heterocycles. The third-order valence-electron chi connectivity index (χ3n) is 2.38. The molecule has 0 aliphatic carbocycles.